The number of nitrogens with zero attached hydrogens (tertiary/aromatic N) is 1. The molecule has 1 saturated carbocycles. The Morgan fingerprint density at radius 3 is 2.20 bits per heavy atom. The fourth-order valence-electron chi connectivity index (χ4n) is 2.07. The van der Waals surface area contributed by atoms with Crippen LogP contribution in [0.4, 0.5) is 0 Å². The first kappa shape index (κ1) is 7.60. The predicted octanol–water partition coefficient (Wildman–Crippen LogP) is 2.58. The third-order valence-electron chi connectivity index (χ3n) is 2.50. The lowest BCUT2D eigenvalue weighted by atomic mass is 9.90. The lowest BCUT2D eigenvalue weighted by molar-refractivity contribution is 0.365. The Hall–Kier alpha value is -0.510. The Morgan fingerprint density at radius 2 is 2.00 bits per heavy atom. The van der Waals surface area contributed by atoms with Crippen molar-refractivity contribution in [1.29, 1.82) is 5.26 Å². The van der Waals surface area contributed by atoms with Crippen molar-refractivity contribution >= 4 is 0 Å². The van der Waals surface area contributed by atoms with Gasteiger partial charge in [-0.25, -0.2) is 0 Å². The van der Waals surface area contributed by atoms with Gasteiger partial charge in [-0.15, -0.1) is 0 Å². The summed E-state index contributed by atoms with van der Waals surface area (Å²) in [4.78, 5) is 0. The van der Waals surface area contributed by atoms with Crippen molar-refractivity contribution in [3.63, 3.8) is 0 Å². The van der Waals surface area contributed by atoms with Gasteiger partial charge >= 0.3 is 0 Å². The molecule has 0 saturated heterocycles. The molecule has 1 nitrogen and oxygen atoms in total. The van der Waals surface area contributed by atoms with Crippen molar-refractivity contribution in [2.75, 3.05) is 0 Å². The van der Waals surface area contributed by atoms with Gasteiger partial charge in [-0.2, -0.15) is 5.26 Å². The van der Waals surface area contributed by atoms with E-state index < -0.39 is 0 Å². The van der Waals surface area contributed by atoms with E-state index in [-0.39, 0.29) is 0 Å². The Balaban J connectivity index is 2.63. The van der Waals surface area contributed by atoms with Crippen molar-refractivity contribution in [1.82, 2.24) is 0 Å². The minimum atomic E-state index is 0.315. The Kier molecular flexibility index (Phi) is 1.72. The molecule has 0 heterocycles. The van der Waals surface area contributed by atoms with Gasteiger partial charge in [-0.3, -0.25) is 0 Å². The highest BCUT2D eigenvalue weighted by molar-refractivity contribution is 4.97. The molecule has 1 aliphatic carbocycles. The second-order valence-corrected chi connectivity index (χ2v) is 4.29. The zero-order chi connectivity index (χ0) is 7.78. The minimum Gasteiger partial charge on any atom is -0.198 e. The first-order valence-electron chi connectivity index (χ1n) is 3.95. The standard InChI is InChI=1S/C9H15N/c1-7-4-9(2,3)5-8(7)6-10/h7-8H,4-5H2,1-3H3. The van der Waals surface area contributed by atoms with E-state index in [1.807, 2.05) is 0 Å². The Labute approximate surface area is 63.0 Å². The lowest BCUT2D eigenvalue weighted by Gasteiger charge is -2.15. The van der Waals surface area contributed by atoms with Gasteiger partial charge in [-0.05, 0) is 24.2 Å². The summed E-state index contributed by atoms with van der Waals surface area (Å²) in [6, 6.07) is 2.37. The van der Waals surface area contributed by atoms with Gasteiger partial charge in [0.1, 0.15) is 0 Å². The summed E-state index contributed by atoms with van der Waals surface area (Å²) >= 11 is 0. The molecule has 1 fully saturated rings. The summed E-state index contributed by atoms with van der Waals surface area (Å²) in [7, 11) is 0. The maximum Gasteiger partial charge on any atom is 0.0658 e. The topological polar surface area (TPSA) is 23.8 Å². The molecule has 10 heavy (non-hydrogen) atoms. The van der Waals surface area contributed by atoms with Crippen LogP contribution < -0.4 is 0 Å². The number of hydrogen-bond donors (Lipinski definition) is 0. The maximum atomic E-state index is 8.72. The van der Waals surface area contributed by atoms with Crippen LogP contribution in [-0.4, -0.2) is 0 Å². The molecule has 0 spiro atoms. The number of nitriles is 1. The molecule has 56 valence electrons. The van der Waals surface area contributed by atoms with Crippen LogP contribution in [0.2, 0.25) is 0 Å². The van der Waals surface area contributed by atoms with E-state index in [0.717, 1.165) is 6.42 Å². The van der Waals surface area contributed by atoms with Crippen LogP contribution >= 0.6 is 0 Å². The van der Waals surface area contributed by atoms with Crippen LogP contribution in [0.3, 0.4) is 0 Å². The Morgan fingerprint density at radius 1 is 1.40 bits per heavy atom. The average molecular weight is 137 g/mol. The van der Waals surface area contributed by atoms with E-state index in [1.165, 1.54) is 6.42 Å². The highest BCUT2D eigenvalue weighted by Gasteiger charge is 2.36. The van der Waals surface area contributed by atoms with Gasteiger partial charge in [0.15, 0.2) is 0 Å². The van der Waals surface area contributed by atoms with Crippen LogP contribution in [-0.2, 0) is 0 Å². The monoisotopic (exact) mass is 137 g/mol. The van der Waals surface area contributed by atoms with E-state index in [0.29, 0.717) is 17.3 Å². The van der Waals surface area contributed by atoms with Gasteiger partial charge in [0.2, 0.25) is 0 Å². The summed E-state index contributed by atoms with van der Waals surface area (Å²) in [6.45, 7) is 6.68. The summed E-state index contributed by atoms with van der Waals surface area (Å²) in [5.41, 5.74) is 0.416. The van der Waals surface area contributed by atoms with Crippen molar-refractivity contribution in [2.24, 2.45) is 17.3 Å². The molecule has 1 aliphatic rings. The van der Waals surface area contributed by atoms with E-state index in [1.54, 1.807) is 0 Å². The van der Waals surface area contributed by atoms with Gasteiger partial charge < -0.3 is 0 Å². The van der Waals surface area contributed by atoms with Gasteiger partial charge in [0.25, 0.3) is 0 Å². The zero-order valence-corrected chi connectivity index (χ0v) is 7.02. The third kappa shape index (κ3) is 1.31. The highest BCUT2D eigenvalue weighted by Crippen LogP contribution is 2.44. The first-order chi connectivity index (χ1) is 4.55. The fraction of sp³-hybridized carbons (Fsp3) is 0.889. The molecule has 2 atom stereocenters. The summed E-state index contributed by atoms with van der Waals surface area (Å²) in [6.07, 6.45) is 2.30. The molecule has 0 amide bonds. The number of rotatable bonds is 0. The molecule has 1 rings (SSSR count). The smallest absolute Gasteiger partial charge is 0.0658 e. The van der Waals surface area contributed by atoms with Crippen LogP contribution in [0, 0.1) is 28.6 Å². The quantitative estimate of drug-likeness (QED) is 0.503. The van der Waals surface area contributed by atoms with Crippen LogP contribution in [0.1, 0.15) is 33.6 Å². The number of hydrogen-bond acceptors (Lipinski definition) is 1. The van der Waals surface area contributed by atoms with Crippen LogP contribution in [0.15, 0.2) is 0 Å². The Bertz CT molecular complexity index is 164. The molecule has 0 N–H and O–H groups in total. The SMILES string of the molecule is CC1CC(C)(C)CC1C#N. The van der Waals surface area contributed by atoms with Crippen molar-refractivity contribution in [2.45, 2.75) is 33.6 Å². The second-order valence-electron chi connectivity index (χ2n) is 4.29. The van der Waals surface area contributed by atoms with Gasteiger partial charge in [0.05, 0.1) is 6.07 Å². The fourth-order valence-corrected chi connectivity index (χ4v) is 2.07. The molecule has 0 aromatic rings. The molecule has 0 aliphatic heterocycles. The maximum absolute atomic E-state index is 8.72. The first-order valence-corrected chi connectivity index (χ1v) is 3.95. The van der Waals surface area contributed by atoms with Crippen molar-refractivity contribution in [3.8, 4) is 6.07 Å². The molecule has 0 bridgehead atoms. The van der Waals surface area contributed by atoms with Crippen LogP contribution in [0.5, 0.6) is 0 Å². The van der Waals surface area contributed by atoms with Crippen LogP contribution in [0.25, 0.3) is 0 Å². The van der Waals surface area contributed by atoms with E-state index in [4.69, 9.17) is 5.26 Å². The molecule has 0 radical (unpaired) electrons. The second kappa shape index (κ2) is 2.27. The van der Waals surface area contributed by atoms with Gasteiger partial charge in [-0.1, -0.05) is 20.8 Å². The lowest BCUT2D eigenvalue weighted by Crippen LogP contribution is -2.04. The molecular formula is C9H15N. The summed E-state index contributed by atoms with van der Waals surface area (Å²) < 4.78 is 0. The van der Waals surface area contributed by atoms with E-state index in [2.05, 4.69) is 26.8 Å². The predicted molar refractivity (Wildman–Crippen MR) is 41.3 cm³/mol. The zero-order valence-electron chi connectivity index (χ0n) is 7.02. The molecular weight excluding hydrogens is 122 g/mol. The molecule has 1 heteroatoms. The minimum absolute atomic E-state index is 0.315. The third-order valence-corrected chi connectivity index (χ3v) is 2.50. The molecule has 0 aromatic heterocycles. The van der Waals surface area contributed by atoms with Gasteiger partial charge in [0, 0.05) is 5.92 Å². The van der Waals surface area contributed by atoms with E-state index in [9.17, 15) is 0 Å². The largest absolute Gasteiger partial charge is 0.198 e. The van der Waals surface area contributed by atoms with E-state index >= 15 is 0 Å². The molecule has 2 unspecified atom stereocenters. The highest BCUT2D eigenvalue weighted by atomic mass is 14.4. The average Bonchev–Trinajstić information content (AvgIpc) is 2.05. The van der Waals surface area contributed by atoms with Crippen molar-refractivity contribution in [3.05, 3.63) is 0 Å². The normalized spacial score (nSPS) is 37.4. The molecule has 0 aromatic carbocycles. The summed E-state index contributed by atoms with van der Waals surface area (Å²) in [5, 5.41) is 8.72. The van der Waals surface area contributed by atoms with Crippen molar-refractivity contribution < 1.29 is 0 Å². The summed E-state index contributed by atoms with van der Waals surface area (Å²) in [5.74, 6) is 0.926.